The second-order valence-electron chi connectivity index (χ2n) is 8.21. The second kappa shape index (κ2) is 12.2. The Labute approximate surface area is 203 Å². The van der Waals surface area contributed by atoms with E-state index in [2.05, 4.69) is 30.2 Å². The number of nitrogens with zero attached hydrogens (tertiary/aromatic N) is 5. The number of rotatable bonds is 10. The van der Waals surface area contributed by atoms with Gasteiger partial charge in [0.05, 0.1) is 25.1 Å². The summed E-state index contributed by atoms with van der Waals surface area (Å²) in [5.41, 5.74) is 12.9. The number of hydrogen-bond acceptors (Lipinski definition) is 12. The Balaban J connectivity index is 1.53. The van der Waals surface area contributed by atoms with E-state index in [0.29, 0.717) is 49.3 Å². The Morgan fingerprint density at radius 1 is 1.11 bits per heavy atom. The minimum Gasteiger partial charge on any atom is -0.466 e. The number of ether oxygens (including phenoxy) is 2. The second-order valence-corrected chi connectivity index (χ2v) is 8.21. The molecule has 13 heteroatoms. The molecule has 1 aliphatic rings. The average Bonchev–Trinajstić information content (AvgIpc) is 2.82. The predicted molar refractivity (Wildman–Crippen MR) is 126 cm³/mol. The number of fused-ring (bicyclic) bond motifs is 1. The Morgan fingerprint density at radius 2 is 1.83 bits per heavy atom. The van der Waals surface area contributed by atoms with E-state index in [0.717, 1.165) is 0 Å². The highest BCUT2D eigenvalue weighted by atomic mass is 16.5. The Morgan fingerprint density at radius 3 is 2.51 bits per heavy atom. The number of aromatic nitrogens is 4. The summed E-state index contributed by atoms with van der Waals surface area (Å²) in [5.74, 6) is -1.22. The number of nitrogens with two attached hydrogens (primary N) is 2. The highest BCUT2D eigenvalue weighted by Crippen LogP contribution is 2.21. The van der Waals surface area contributed by atoms with Gasteiger partial charge in [-0.15, -0.1) is 0 Å². The van der Waals surface area contributed by atoms with Gasteiger partial charge in [0.15, 0.2) is 17.0 Å². The number of nitrogen functional groups attached to an aromatic ring is 2. The van der Waals surface area contributed by atoms with Gasteiger partial charge in [-0.25, -0.2) is 14.8 Å². The number of piperidine rings is 1. The number of anilines is 2. The van der Waals surface area contributed by atoms with Gasteiger partial charge >= 0.3 is 11.9 Å². The van der Waals surface area contributed by atoms with Crippen molar-refractivity contribution in [2.45, 2.75) is 52.1 Å². The Hall–Kier alpha value is -3.61. The minimum absolute atomic E-state index is 0.0188. The number of carbonyl (C=O) groups is 3. The lowest BCUT2D eigenvalue weighted by molar-refractivity contribution is -0.149. The van der Waals surface area contributed by atoms with Crippen molar-refractivity contribution in [1.29, 1.82) is 0 Å². The molecular weight excluding hydrogens is 456 g/mol. The minimum atomic E-state index is -0.889. The van der Waals surface area contributed by atoms with E-state index in [-0.39, 0.29) is 49.6 Å². The van der Waals surface area contributed by atoms with E-state index >= 15 is 0 Å². The van der Waals surface area contributed by atoms with Crippen LogP contribution in [0.4, 0.5) is 11.8 Å². The van der Waals surface area contributed by atoms with Crippen molar-refractivity contribution in [3.63, 3.8) is 0 Å². The van der Waals surface area contributed by atoms with Gasteiger partial charge < -0.3 is 26.3 Å². The zero-order valence-electron chi connectivity index (χ0n) is 20.0. The van der Waals surface area contributed by atoms with Gasteiger partial charge in [-0.3, -0.25) is 14.5 Å². The van der Waals surface area contributed by atoms with Crippen LogP contribution in [0, 0.1) is 5.92 Å². The first kappa shape index (κ1) is 26.0. The molecule has 0 bridgehead atoms. The molecule has 0 radical (unpaired) electrons. The van der Waals surface area contributed by atoms with Crippen LogP contribution in [-0.2, 0) is 30.4 Å². The lowest BCUT2D eigenvalue weighted by Gasteiger charge is -2.31. The number of carbonyl (C=O) groups excluding carboxylic acids is 3. The summed E-state index contributed by atoms with van der Waals surface area (Å²) in [7, 11) is 0. The summed E-state index contributed by atoms with van der Waals surface area (Å²) in [6.07, 6.45) is 3.00. The topological polar surface area (TPSA) is 189 Å². The standard InChI is InChI=1S/C22H32N8O5/c1-3-34-16(31)6-5-15(21(33)35-4-2)27-20(32)13-7-9-30(10-8-13)12-14-11-25-19-17(26-14)18(23)28-22(24)29-19/h11,13,15H,3-10,12H2,1-2H3,(H,27,32)(H4,23,24,25,28,29)/t15-/m0/s1. The summed E-state index contributed by atoms with van der Waals surface area (Å²) < 4.78 is 9.97. The lowest BCUT2D eigenvalue weighted by atomic mass is 9.95. The van der Waals surface area contributed by atoms with Crippen LogP contribution < -0.4 is 16.8 Å². The molecule has 3 heterocycles. The molecule has 0 spiro atoms. The quantitative estimate of drug-likeness (QED) is 0.385. The zero-order valence-corrected chi connectivity index (χ0v) is 20.0. The third kappa shape index (κ3) is 7.18. The van der Waals surface area contributed by atoms with E-state index in [9.17, 15) is 14.4 Å². The fourth-order valence-electron chi connectivity index (χ4n) is 3.92. The molecule has 0 aromatic carbocycles. The highest BCUT2D eigenvalue weighted by Gasteiger charge is 2.30. The average molecular weight is 489 g/mol. The Bertz CT molecular complexity index is 1060. The molecule has 5 N–H and O–H groups in total. The van der Waals surface area contributed by atoms with Crippen LogP contribution in [0.15, 0.2) is 6.20 Å². The van der Waals surface area contributed by atoms with Gasteiger partial charge in [0.2, 0.25) is 11.9 Å². The number of esters is 2. The van der Waals surface area contributed by atoms with Crippen molar-refractivity contribution in [3.05, 3.63) is 11.9 Å². The number of likely N-dealkylation sites (tertiary alicyclic amines) is 1. The molecule has 13 nitrogen and oxygen atoms in total. The van der Waals surface area contributed by atoms with E-state index in [1.165, 1.54) is 0 Å². The van der Waals surface area contributed by atoms with Crippen molar-refractivity contribution in [1.82, 2.24) is 30.2 Å². The smallest absolute Gasteiger partial charge is 0.328 e. The van der Waals surface area contributed by atoms with Crippen LogP contribution in [0.2, 0.25) is 0 Å². The van der Waals surface area contributed by atoms with Crippen LogP contribution in [0.3, 0.4) is 0 Å². The SMILES string of the molecule is CCOC(=O)CC[C@H](NC(=O)C1CCN(Cc2cnc3nc(N)nc(N)c3n2)CC1)C(=O)OCC. The first-order valence-corrected chi connectivity index (χ1v) is 11.7. The molecule has 2 aromatic rings. The summed E-state index contributed by atoms with van der Waals surface area (Å²) in [6, 6.07) is -0.889. The van der Waals surface area contributed by atoms with Crippen molar-refractivity contribution in [2.24, 2.45) is 5.92 Å². The monoisotopic (exact) mass is 488 g/mol. The van der Waals surface area contributed by atoms with Crippen LogP contribution in [0.1, 0.15) is 45.2 Å². The van der Waals surface area contributed by atoms with Crippen molar-refractivity contribution in [2.75, 3.05) is 37.8 Å². The third-order valence-electron chi connectivity index (χ3n) is 5.68. The number of nitrogens with one attached hydrogen (secondary N) is 1. The molecule has 35 heavy (non-hydrogen) atoms. The van der Waals surface area contributed by atoms with Gasteiger partial charge in [-0.05, 0) is 46.2 Å². The first-order chi connectivity index (χ1) is 16.8. The molecular formula is C22H32N8O5. The van der Waals surface area contributed by atoms with E-state index in [4.69, 9.17) is 20.9 Å². The van der Waals surface area contributed by atoms with Gasteiger partial charge in [-0.1, -0.05) is 0 Å². The van der Waals surface area contributed by atoms with Crippen molar-refractivity contribution >= 4 is 40.8 Å². The maximum absolute atomic E-state index is 12.9. The van der Waals surface area contributed by atoms with Crippen molar-refractivity contribution in [3.8, 4) is 0 Å². The maximum Gasteiger partial charge on any atom is 0.328 e. The predicted octanol–water partition coefficient (Wildman–Crippen LogP) is 0.187. The van der Waals surface area contributed by atoms with Crippen LogP contribution in [0.25, 0.3) is 11.2 Å². The molecule has 1 amide bonds. The molecule has 0 saturated carbocycles. The molecule has 0 unspecified atom stereocenters. The summed E-state index contributed by atoms with van der Waals surface area (Å²) in [6.45, 7) is 5.71. The molecule has 1 saturated heterocycles. The van der Waals surface area contributed by atoms with E-state index in [1.54, 1.807) is 20.0 Å². The van der Waals surface area contributed by atoms with Crippen LogP contribution >= 0.6 is 0 Å². The normalized spacial score (nSPS) is 15.5. The molecule has 1 aliphatic heterocycles. The van der Waals surface area contributed by atoms with E-state index in [1.807, 2.05) is 0 Å². The summed E-state index contributed by atoms with van der Waals surface area (Å²) >= 11 is 0. The number of amides is 1. The van der Waals surface area contributed by atoms with Gasteiger partial charge in [-0.2, -0.15) is 9.97 Å². The fourth-order valence-corrected chi connectivity index (χ4v) is 3.92. The Kier molecular flexibility index (Phi) is 9.06. The molecule has 1 fully saturated rings. The summed E-state index contributed by atoms with van der Waals surface area (Å²) in [4.78, 5) is 55.7. The molecule has 0 aliphatic carbocycles. The first-order valence-electron chi connectivity index (χ1n) is 11.7. The molecule has 1 atom stereocenters. The van der Waals surface area contributed by atoms with Crippen molar-refractivity contribution < 1.29 is 23.9 Å². The molecule has 2 aromatic heterocycles. The molecule has 3 rings (SSSR count). The lowest BCUT2D eigenvalue weighted by Crippen LogP contribution is -2.47. The zero-order chi connectivity index (χ0) is 25.4. The third-order valence-corrected chi connectivity index (χ3v) is 5.68. The maximum atomic E-state index is 12.9. The number of hydrogen-bond donors (Lipinski definition) is 3. The largest absolute Gasteiger partial charge is 0.466 e. The molecule has 190 valence electrons. The van der Waals surface area contributed by atoms with Gasteiger partial charge in [0.1, 0.15) is 6.04 Å². The van der Waals surface area contributed by atoms with E-state index < -0.39 is 18.0 Å². The van der Waals surface area contributed by atoms with Gasteiger partial charge in [0.25, 0.3) is 0 Å². The van der Waals surface area contributed by atoms with Crippen LogP contribution in [-0.4, -0.2) is 75.0 Å². The van der Waals surface area contributed by atoms with Gasteiger partial charge in [0, 0.05) is 18.9 Å². The van der Waals surface area contributed by atoms with Crippen LogP contribution in [0.5, 0.6) is 0 Å². The highest BCUT2D eigenvalue weighted by molar-refractivity contribution is 5.86. The summed E-state index contributed by atoms with van der Waals surface area (Å²) in [5, 5.41) is 2.76. The fraction of sp³-hybridized carbons (Fsp3) is 0.591.